The minimum Gasteiger partial charge on any atom is -0.453 e. The van der Waals surface area contributed by atoms with Gasteiger partial charge in [-0.1, -0.05) is 51.8 Å². The molecule has 4 aromatic rings. The van der Waals surface area contributed by atoms with Crippen molar-refractivity contribution in [3.63, 3.8) is 0 Å². The molecule has 2 aliphatic rings. The number of hydrogen-bond donors (Lipinski definition) is 4. The van der Waals surface area contributed by atoms with Gasteiger partial charge in [0, 0.05) is 30.3 Å². The molecule has 0 radical (unpaired) electrons. The molecule has 4 N–H and O–H groups in total. The summed E-state index contributed by atoms with van der Waals surface area (Å²) >= 11 is 0. The summed E-state index contributed by atoms with van der Waals surface area (Å²) in [4.78, 5) is 69.0. The topological polar surface area (TPSA) is 175 Å². The quantitative estimate of drug-likeness (QED) is 0.157. The molecule has 0 spiro atoms. The van der Waals surface area contributed by atoms with Crippen LogP contribution in [-0.2, 0) is 19.1 Å². The van der Waals surface area contributed by atoms with Crippen LogP contribution in [-0.4, -0.2) is 99.1 Å². The van der Waals surface area contributed by atoms with Gasteiger partial charge in [0.15, 0.2) is 0 Å². The Balaban J connectivity index is 1.15. The van der Waals surface area contributed by atoms with E-state index in [1.165, 1.54) is 14.2 Å². The lowest BCUT2D eigenvalue weighted by molar-refractivity contribution is -0.137. The Morgan fingerprint density at radius 1 is 0.875 bits per heavy atom. The van der Waals surface area contributed by atoms with Crippen LogP contribution in [0, 0.1) is 23.7 Å². The van der Waals surface area contributed by atoms with Gasteiger partial charge in [0.05, 0.1) is 44.7 Å². The first kappa shape index (κ1) is 39.7. The molecule has 4 unspecified atom stereocenters. The Hall–Kier alpha value is -5.98. The van der Waals surface area contributed by atoms with Gasteiger partial charge in [0.2, 0.25) is 11.8 Å². The van der Waals surface area contributed by atoms with E-state index in [1.807, 2.05) is 50.2 Å². The zero-order valence-electron chi connectivity index (χ0n) is 32.1. The molecule has 6 rings (SSSR count). The fraction of sp³-hybridized carbons (Fsp3) is 0.450. The number of rotatable bonds is 9. The lowest BCUT2D eigenvalue weighted by Crippen LogP contribution is -2.51. The van der Waals surface area contributed by atoms with Crippen molar-refractivity contribution in [2.75, 3.05) is 27.3 Å². The highest BCUT2D eigenvalue weighted by Gasteiger charge is 2.50. The number of methoxy groups -OCH3 is 2. The SMILES string of the molecule is COC(=O)NC(C(=O)N1CCCC1c1nc(C#Cc2ccc3cc(-c4cnc(C5CC(F)(F)CN5C(=O)C(NC(=O)OC)C(C)C)[nH]4)ccc3c2)c[nH]1)C(C)C. The number of aromatic amines is 2. The number of aromatic nitrogens is 4. The number of benzene rings is 2. The molecule has 4 atom stereocenters. The third-order valence-corrected chi connectivity index (χ3v) is 10.2. The highest BCUT2D eigenvalue weighted by Crippen LogP contribution is 2.41. The first-order valence-corrected chi connectivity index (χ1v) is 18.5. The van der Waals surface area contributed by atoms with Gasteiger partial charge in [0.25, 0.3) is 5.92 Å². The number of imidazole rings is 2. The zero-order valence-corrected chi connectivity index (χ0v) is 32.1. The molecule has 4 heterocycles. The van der Waals surface area contributed by atoms with Crippen molar-refractivity contribution in [1.29, 1.82) is 0 Å². The molecule has 4 amide bonds. The first-order valence-electron chi connectivity index (χ1n) is 18.5. The molecule has 2 aromatic carbocycles. The van der Waals surface area contributed by atoms with Gasteiger partial charge in [-0.2, -0.15) is 0 Å². The fourth-order valence-electron chi connectivity index (χ4n) is 7.22. The molecule has 56 heavy (non-hydrogen) atoms. The third-order valence-electron chi connectivity index (χ3n) is 10.2. The average Bonchev–Trinajstić information content (AvgIpc) is 4.00. The number of nitrogens with zero attached hydrogens (tertiary/aromatic N) is 4. The molecule has 296 valence electrons. The summed E-state index contributed by atoms with van der Waals surface area (Å²) in [6, 6.07) is 8.47. The third kappa shape index (κ3) is 8.61. The summed E-state index contributed by atoms with van der Waals surface area (Å²) in [7, 11) is 2.43. The number of alkyl carbamates (subject to hydrolysis) is 2. The maximum atomic E-state index is 14.8. The number of halogens is 2. The van der Waals surface area contributed by atoms with Crippen molar-refractivity contribution >= 4 is 34.8 Å². The number of carbonyl (C=O) groups is 4. The molecule has 2 aliphatic heterocycles. The highest BCUT2D eigenvalue weighted by atomic mass is 19.3. The molecule has 0 aliphatic carbocycles. The molecular formula is C40H46F2N8O6. The van der Waals surface area contributed by atoms with Gasteiger partial charge in [-0.25, -0.2) is 28.3 Å². The van der Waals surface area contributed by atoms with Crippen molar-refractivity contribution in [3.05, 3.63) is 71.7 Å². The minimum atomic E-state index is -3.14. The van der Waals surface area contributed by atoms with E-state index in [4.69, 9.17) is 4.74 Å². The van der Waals surface area contributed by atoms with Gasteiger partial charge in [-0.05, 0) is 59.6 Å². The maximum absolute atomic E-state index is 14.8. The predicted octanol–water partition coefficient (Wildman–Crippen LogP) is 5.69. The summed E-state index contributed by atoms with van der Waals surface area (Å²) in [5.74, 6) is 2.65. The second-order valence-electron chi connectivity index (χ2n) is 14.8. The Kier molecular flexibility index (Phi) is 11.6. The van der Waals surface area contributed by atoms with Crippen LogP contribution in [0.15, 0.2) is 48.8 Å². The molecule has 14 nitrogen and oxygen atoms in total. The minimum absolute atomic E-state index is 0.138. The van der Waals surface area contributed by atoms with Crippen LogP contribution < -0.4 is 10.6 Å². The lowest BCUT2D eigenvalue weighted by Gasteiger charge is -2.29. The van der Waals surface area contributed by atoms with Gasteiger partial charge in [0.1, 0.15) is 29.4 Å². The summed E-state index contributed by atoms with van der Waals surface area (Å²) in [5, 5.41) is 6.97. The summed E-state index contributed by atoms with van der Waals surface area (Å²) in [6.07, 6.45) is 2.72. The number of nitrogens with one attached hydrogen (secondary N) is 4. The van der Waals surface area contributed by atoms with E-state index in [0.717, 1.165) is 39.6 Å². The van der Waals surface area contributed by atoms with Gasteiger partial charge >= 0.3 is 12.2 Å². The van der Waals surface area contributed by atoms with Crippen molar-refractivity contribution in [3.8, 4) is 23.1 Å². The Labute approximate surface area is 323 Å². The van der Waals surface area contributed by atoms with Crippen molar-refractivity contribution in [1.82, 2.24) is 40.4 Å². The van der Waals surface area contributed by atoms with Crippen LogP contribution in [0.4, 0.5) is 18.4 Å². The van der Waals surface area contributed by atoms with Crippen molar-refractivity contribution in [2.24, 2.45) is 11.8 Å². The maximum Gasteiger partial charge on any atom is 0.407 e. The van der Waals surface area contributed by atoms with E-state index >= 15 is 0 Å². The number of fused-ring (bicyclic) bond motifs is 1. The largest absolute Gasteiger partial charge is 0.453 e. The van der Waals surface area contributed by atoms with Gasteiger partial charge in [-0.15, -0.1) is 0 Å². The van der Waals surface area contributed by atoms with Crippen LogP contribution in [0.2, 0.25) is 0 Å². The van der Waals surface area contributed by atoms with E-state index in [1.54, 1.807) is 31.1 Å². The van der Waals surface area contributed by atoms with Crippen molar-refractivity contribution in [2.45, 2.75) is 77.0 Å². The number of amides is 4. The fourth-order valence-corrected chi connectivity index (χ4v) is 7.22. The molecule has 2 fully saturated rings. The smallest absolute Gasteiger partial charge is 0.407 e. The van der Waals surface area contributed by atoms with E-state index < -0.39 is 55.1 Å². The van der Waals surface area contributed by atoms with Crippen LogP contribution >= 0.6 is 0 Å². The standard InChI is InChI=1S/C40H46F2N8O6/c1-22(2)32(47-38(53)55-5)36(51)49-15-7-8-30(49)34-43-19-28(45-34)14-10-24-9-11-26-17-27(13-12-25(26)16-24)29-20-44-35(46-29)31-18-40(41,42)21-50(31)37(52)33(23(3)4)48-39(54)56-6/h9,11-13,16-17,19-20,22-23,30-33H,7-8,15,18,21H2,1-6H3,(H,43,45)(H,44,46)(H,47,53)(H,48,54). The van der Waals surface area contributed by atoms with E-state index in [2.05, 4.69) is 47.1 Å². The predicted molar refractivity (Wildman–Crippen MR) is 202 cm³/mol. The Bertz CT molecular complexity index is 2170. The van der Waals surface area contributed by atoms with E-state index in [0.29, 0.717) is 23.8 Å². The molecule has 2 aromatic heterocycles. The van der Waals surface area contributed by atoms with Crippen LogP contribution in [0.1, 0.15) is 81.9 Å². The number of ether oxygens (including phenoxy) is 2. The molecular weight excluding hydrogens is 726 g/mol. The summed E-state index contributed by atoms with van der Waals surface area (Å²) in [5.41, 5.74) is 2.66. The van der Waals surface area contributed by atoms with Crippen LogP contribution in [0.3, 0.4) is 0 Å². The molecule has 16 heteroatoms. The average molecular weight is 773 g/mol. The summed E-state index contributed by atoms with van der Waals surface area (Å²) in [6.45, 7) is 6.92. The van der Waals surface area contributed by atoms with E-state index in [-0.39, 0.29) is 29.6 Å². The van der Waals surface area contributed by atoms with Crippen LogP contribution in [0.25, 0.3) is 22.0 Å². The monoisotopic (exact) mass is 772 g/mol. The lowest BCUT2D eigenvalue weighted by atomic mass is 10.0. The number of carbonyl (C=O) groups excluding carboxylic acids is 4. The molecule has 0 saturated carbocycles. The molecule has 2 saturated heterocycles. The van der Waals surface area contributed by atoms with Gasteiger partial charge in [-0.3, -0.25) is 9.59 Å². The Morgan fingerprint density at radius 2 is 1.52 bits per heavy atom. The first-order chi connectivity index (χ1) is 26.7. The number of alkyl halides is 2. The second kappa shape index (κ2) is 16.4. The normalized spacial score (nSPS) is 18.8. The number of H-pyrrole nitrogens is 2. The highest BCUT2D eigenvalue weighted by molar-refractivity contribution is 5.89. The number of hydrogen-bond acceptors (Lipinski definition) is 8. The van der Waals surface area contributed by atoms with E-state index in [9.17, 15) is 28.0 Å². The molecule has 0 bridgehead atoms. The zero-order chi connectivity index (χ0) is 40.3. The number of likely N-dealkylation sites (tertiary alicyclic amines) is 2. The Morgan fingerprint density at radius 3 is 2.18 bits per heavy atom. The van der Waals surface area contributed by atoms with Crippen LogP contribution in [0.5, 0.6) is 0 Å². The second-order valence-corrected chi connectivity index (χ2v) is 14.8. The summed E-state index contributed by atoms with van der Waals surface area (Å²) < 4.78 is 38.9. The van der Waals surface area contributed by atoms with Gasteiger partial charge < -0.3 is 39.9 Å². The van der Waals surface area contributed by atoms with Crippen molar-refractivity contribution < 1.29 is 37.4 Å².